The van der Waals surface area contributed by atoms with Crippen LogP contribution in [-0.2, 0) is 4.74 Å². The van der Waals surface area contributed by atoms with Gasteiger partial charge in [0.2, 0.25) is 5.41 Å². The lowest BCUT2D eigenvalue weighted by Gasteiger charge is -2.42. The van der Waals surface area contributed by atoms with E-state index in [0.717, 1.165) is 5.56 Å². The minimum atomic E-state index is -1.62. The number of allylic oxidation sites excluding steroid dienone is 2. The van der Waals surface area contributed by atoms with Crippen molar-refractivity contribution in [2.75, 3.05) is 20.2 Å². The topological polar surface area (TPSA) is 136 Å². The van der Waals surface area contributed by atoms with Gasteiger partial charge in [-0.15, -0.1) is 0 Å². The number of carbonyl (C=O) groups excluding carboxylic acids is 1. The fraction of sp³-hybridized carbons (Fsp3) is 0.300. The average Bonchev–Trinajstić information content (AvgIpc) is 2.73. The maximum Gasteiger partial charge on any atom is 0.337 e. The maximum atomic E-state index is 11.7. The molecule has 0 saturated carbocycles. The summed E-state index contributed by atoms with van der Waals surface area (Å²) in [4.78, 5) is 11.7. The van der Waals surface area contributed by atoms with Gasteiger partial charge in [-0.2, -0.15) is 15.8 Å². The highest BCUT2D eigenvalue weighted by Gasteiger charge is 2.51. The van der Waals surface area contributed by atoms with Crippen molar-refractivity contribution in [1.82, 2.24) is 5.32 Å². The molecule has 1 aromatic rings. The van der Waals surface area contributed by atoms with Crippen LogP contribution in [0.5, 0.6) is 0 Å². The molecule has 2 aliphatic rings. The van der Waals surface area contributed by atoms with Gasteiger partial charge >= 0.3 is 5.97 Å². The van der Waals surface area contributed by atoms with Gasteiger partial charge in [-0.3, -0.25) is 0 Å². The molecular weight excluding hydrogens is 342 g/mol. The molecule has 3 rings (SSSR count). The molecule has 1 heterocycles. The second-order valence-corrected chi connectivity index (χ2v) is 6.43. The Hall–Kier alpha value is -3.60. The zero-order valence-electron chi connectivity index (χ0n) is 14.7. The largest absolute Gasteiger partial charge is 0.465 e. The Kier molecular flexibility index (Phi) is 4.69. The third-order valence-corrected chi connectivity index (χ3v) is 5.22. The van der Waals surface area contributed by atoms with E-state index in [1.165, 1.54) is 7.11 Å². The lowest BCUT2D eigenvalue weighted by molar-refractivity contribution is 0.0600. The number of nitrogens with one attached hydrogen (secondary N) is 1. The highest BCUT2D eigenvalue weighted by atomic mass is 16.5. The molecule has 134 valence electrons. The van der Waals surface area contributed by atoms with E-state index in [-0.39, 0.29) is 17.2 Å². The first kappa shape index (κ1) is 18.2. The molecule has 1 aliphatic carbocycles. The Morgan fingerprint density at radius 3 is 2.48 bits per heavy atom. The number of carbonyl (C=O) groups is 1. The van der Waals surface area contributed by atoms with Crippen LogP contribution in [0.4, 0.5) is 0 Å². The van der Waals surface area contributed by atoms with Gasteiger partial charge in [0.1, 0.15) is 0 Å². The van der Waals surface area contributed by atoms with Crippen molar-refractivity contribution >= 4 is 5.97 Å². The monoisotopic (exact) mass is 359 g/mol. The molecule has 0 radical (unpaired) electrons. The van der Waals surface area contributed by atoms with Crippen LogP contribution in [0.2, 0.25) is 0 Å². The van der Waals surface area contributed by atoms with Crippen LogP contribution in [-0.4, -0.2) is 26.2 Å². The summed E-state index contributed by atoms with van der Waals surface area (Å²) in [5.41, 5.74) is 6.59. The first-order chi connectivity index (χ1) is 13.0. The van der Waals surface area contributed by atoms with E-state index < -0.39 is 17.3 Å². The third kappa shape index (κ3) is 2.64. The van der Waals surface area contributed by atoms with Gasteiger partial charge in [-0.25, -0.2) is 4.79 Å². The molecule has 0 fully saturated rings. The van der Waals surface area contributed by atoms with E-state index in [4.69, 9.17) is 10.5 Å². The van der Waals surface area contributed by atoms with Crippen molar-refractivity contribution < 1.29 is 9.53 Å². The SMILES string of the molecule is COC(=O)c1ccc(C2C(C#N)=C(N)C(C#N)(C#N)C3=CCNCC32)cc1. The second-order valence-electron chi connectivity index (χ2n) is 6.43. The quantitative estimate of drug-likeness (QED) is 0.603. The highest BCUT2D eigenvalue weighted by molar-refractivity contribution is 5.89. The molecule has 0 amide bonds. The average molecular weight is 359 g/mol. The van der Waals surface area contributed by atoms with E-state index in [2.05, 4.69) is 11.4 Å². The minimum Gasteiger partial charge on any atom is -0.465 e. The van der Waals surface area contributed by atoms with Crippen LogP contribution in [0.3, 0.4) is 0 Å². The molecule has 0 bridgehead atoms. The Bertz CT molecular complexity index is 956. The normalized spacial score (nSPS) is 23.1. The number of hydrogen-bond donors (Lipinski definition) is 2. The minimum absolute atomic E-state index is 0.0126. The van der Waals surface area contributed by atoms with Crippen molar-refractivity contribution in [3.05, 3.63) is 58.3 Å². The van der Waals surface area contributed by atoms with Crippen molar-refractivity contribution in [2.45, 2.75) is 5.92 Å². The molecule has 7 nitrogen and oxygen atoms in total. The number of hydrogen-bond acceptors (Lipinski definition) is 7. The zero-order chi connectivity index (χ0) is 19.6. The van der Waals surface area contributed by atoms with Gasteiger partial charge in [-0.1, -0.05) is 18.2 Å². The molecular formula is C20H17N5O2. The second kappa shape index (κ2) is 6.96. The fourth-order valence-electron chi connectivity index (χ4n) is 3.88. The molecule has 7 heteroatoms. The Morgan fingerprint density at radius 2 is 1.93 bits per heavy atom. The fourth-order valence-corrected chi connectivity index (χ4v) is 3.88. The number of rotatable bonds is 2. The Balaban J connectivity index is 2.20. The number of fused-ring (bicyclic) bond motifs is 1. The summed E-state index contributed by atoms with van der Waals surface area (Å²) in [7, 11) is 1.31. The van der Waals surface area contributed by atoms with Gasteiger partial charge in [0, 0.05) is 24.9 Å². The summed E-state index contributed by atoms with van der Waals surface area (Å²) in [6.07, 6.45) is 1.82. The Labute approximate surface area is 156 Å². The van der Waals surface area contributed by atoms with Crippen LogP contribution < -0.4 is 11.1 Å². The van der Waals surface area contributed by atoms with E-state index in [0.29, 0.717) is 24.2 Å². The predicted octanol–water partition coefficient (Wildman–Crippen LogP) is 1.49. The summed E-state index contributed by atoms with van der Waals surface area (Å²) < 4.78 is 4.71. The highest BCUT2D eigenvalue weighted by Crippen LogP contribution is 2.51. The van der Waals surface area contributed by atoms with Crippen LogP contribution in [0.15, 0.2) is 47.2 Å². The number of esters is 1. The summed E-state index contributed by atoms with van der Waals surface area (Å²) in [6, 6.07) is 12.9. The molecule has 0 aromatic heterocycles. The number of nitriles is 3. The van der Waals surface area contributed by atoms with Crippen LogP contribution in [0, 0.1) is 45.3 Å². The third-order valence-electron chi connectivity index (χ3n) is 5.22. The first-order valence-electron chi connectivity index (χ1n) is 8.36. The van der Waals surface area contributed by atoms with Gasteiger partial charge in [0.05, 0.1) is 42.2 Å². The van der Waals surface area contributed by atoms with Crippen LogP contribution in [0.1, 0.15) is 21.8 Å². The Morgan fingerprint density at radius 1 is 1.26 bits per heavy atom. The standard InChI is InChI=1S/C20H17N5O2/c1-27-19(26)13-4-2-12(3-5-13)17-14(8-21)18(24)20(10-22,11-23)16-6-7-25-9-15(16)17/h2-6,15,17,25H,7,9,24H2,1H3. The van der Waals surface area contributed by atoms with Gasteiger partial charge in [0.15, 0.2) is 0 Å². The molecule has 1 aromatic carbocycles. The summed E-state index contributed by atoms with van der Waals surface area (Å²) in [5.74, 6) is -1.12. The number of ether oxygens (including phenoxy) is 1. The molecule has 2 atom stereocenters. The molecule has 0 spiro atoms. The smallest absolute Gasteiger partial charge is 0.337 e. The molecule has 27 heavy (non-hydrogen) atoms. The van der Waals surface area contributed by atoms with Crippen molar-refractivity contribution in [2.24, 2.45) is 17.1 Å². The van der Waals surface area contributed by atoms with E-state index in [1.807, 2.05) is 18.2 Å². The molecule has 0 saturated heterocycles. The number of methoxy groups -OCH3 is 1. The van der Waals surface area contributed by atoms with E-state index in [1.54, 1.807) is 24.3 Å². The van der Waals surface area contributed by atoms with E-state index in [9.17, 15) is 20.6 Å². The lowest BCUT2D eigenvalue weighted by Crippen LogP contribution is -2.46. The van der Waals surface area contributed by atoms with Crippen molar-refractivity contribution in [1.29, 1.82) is 15.8 Å². The number of nitrogens with zero attached hydrogens (tertiary/aromatic N) is 3. The van der Waals surface area contributed by atoms with Gasteiger partial charge < -0.3 is 15.8 Å². The number of benzene rings is 1. The summed E-state index contributed by atoms with van der Waals surface area (Å²) >= 11 is 0. The van der Waals surface area contributed by atoms with Gasteiger partial charge in [0.25, 0.3) is 0 Å². The molecule has 1 aliphatic heterocycles. The summed E-state index contributed by atoms with van der Waals surface area (Å²) in [6.45, 7) is 1.04. The zero-order valence-corrected chi connectivity index (χ0v) is 14.7. The predicted molar refractivity (Wildman–Crippen MR) is 95.5 cm³/mol. The first-order valence-corrected chi connectivity index (χ1v) is 8.36. The summed E-state index contributed by atoms with van der Waals surface area (Å²) in [5, 5.41) is 32.5. The van der Waals surface area contributed by atoms with Crippen LogP contribution >= 0.6 is 0 Å². The maximum absolute atomic E-state index is 11.7. The van der Waals surface area contributed by atoms with Crippen molar-refractivity contribution in [3.63, 3.8) is 0 Å². The lowest BCUT2D eigenvalue weighted by atomic mass is 9.60. The van der Waals surface area contributed by atoms with Gasteiger partial charge in [-0.05, 0) is 23.3 Å². The number of nitrogens with two attached hydrogens (primary N) is 1. The van der Waals surface area contributed by atoms with E-state index >= 15 is 0 Å². The van der Waals surface area contributed by atoms with Crippen LogP contribution in [0.25, 0.3) is 0 Å². The van der Waals surface area contributed by atoms with Crippen molar-refractivity contribution in [3.8, 4) is 18.2 Å². The molecule has 2 unspecified atom stereocenters. The molecule has 3 N–H and O–H groups in total.